The molecular weight excluding hydrogens is 646 g/mol. The highest BCUT2D eigenvalue weighted by atomic mass is 32.2. The molecule has 2 aromatic carbocycles. The lowest BCUT2D eigenvalue weighted by Crippen LogP contribution is -2.57. The van der Waals surface area contributed by atoms with Crippen LogP contribution < -0.4 is 38.1 Å². The van der Waals surface area contributed by atoms with Gasteiger partial charge in [0.2, 0.25) is 35.4 Å². The van der Waals surface area contributed by atoms with Gasteiger partial charge in [-0.1, -0.05) is 74.5 Å². The zero-order valence-electron chi connectivity index (χ0n) is 28.5. The zero-order valence-corrected chi connectivity index (χ0v) is 29.4. The van der Waals surface area contributed by atoms with E-state index < -0.39 is 60.2 Å². The summed E-state index contributed by atoms with van der Waals surface area (Å²) in [6, 6.07) is 14.3. The number of nitrogens with one attached hydrogen (secondary N) is 5. The molecule has 0 aliphatic carbocycles. The Hall–Kier alpha value is -4.43. The van der Waals surface area contributed by atoms with E-state index in [1.807, 2.05) is 68.6 Å². The van der Waals surface area contributed by atoms with E-state index in [9.17, 15) is 28.8 Å². The summed E-state index contributed by atoms with van der Waals surface area (Å²) in [4.78, 5) is 77.7. The number of hydrogen-bond acceptors (Lipinski definition) is 8. The minimum atomic E-state index is -1.09. The van der Waals surface area contributed by atoms with Crippen molar-refractivity contribution in [1.29, 1.82) is 0 Å². The summed E-state index contributed by atoms with van der Waals surface area (Å²) >= 11 is 1.51. The standard InChI is InChI=1S/C35H51N7O6S/c1-23(2)19-27(34(47)41-26(32(37)45)16-18-49-3)40-31(44)22-38-33(46)28(20-24-11-6-4-7-12-24)42-35(48)29(39-30(43)15-10-17-36)21-25-13-8-5-9-14-25/h4-9,11-14,23,26-29H,10,15-22,36H2,1-3H3,(H2,37,45)(H,38,46)(H,39,43)(H,40,44)(H,41,47)(H,42,48)/t26-,27-,28-,29-/m0/s1. The lowest BCUT2D eigenvalue weighted by molar-refractivity contribution is -0.133. The summed E-state index contributed by atoms with van der Waals surface area (Å²) in [6.45, 7) is 3.62. The topological polar surface area (TPSA) is 215 Å². The van der Waals surface area contributed by atoms with Crippen molar-refractivity contribution >= 4 is 47.2 Å². The van der Waals surface area contributed by atoms with Crippen LogP contribution in [-0.2, 0) is 41.6 Å². The van der Waals surface area contributed by atoms with Gasteiger partial charge in [-0.2, -0.15) is 11.8 Å². The molecule has 268 valence electrons. The third-order valence-corrected chi connectivity index (χ3v) is 8.15. The number of benzene rings is 2. The minimum Gasteiger partial charge on any atom is -0.368 e. The Morgan fingerprint density at radius 3 is 1.71 bits per heavy atom. The normalized spacial score (nSPS) is 13.3. The lowest BCUT2D eigenvalue weighted by atomic mass is 10.0. The molecule has 0 heterocycles. The number of primary amides is 1. The Morgan fingerprint density at radius 2 is 1.20 bits per heavy atom. The van der Waals surface area contributed by atoms with Crippen LogP contribution in [0.1, 0.15) is 50.7 Å². The number of nitrogens with two attached hydrogens (primary N) is 2. The molecule has 0 aliphatic heterocycles. The molecule has 13 nitrogen and oxygen atoms in total. The second kappa shape index (κ2) is 22.3. The molecule has 0 saturated carbocycles. The van der Waals surface area contributed by atoms with Crippen molar-refractivity contribution in [3.63, 3.8) is 0 Å². The van der Waals surface area contributed by atoms with Gasteiger partial charge < -0.3 is 38.1 Å². The van der Waals surface area contributed by atoms with Crippen LogP contribution in [0.25, 0.3) is 0 Å². The highest BCUT2D eigenvalue weighted by Gasteiger charge is 2.29. The van der Waals surface area contributed by atoms with Crippen LogP contribution in [0, 0.1) is 5.92 Å². The van der Waals surface area contributed by atoms with Crippen LogP contribution in [0.3, 0.4) is 0 Å². The SMILES string of the molecule is CSCC[C@H](NC(=O)[C@H](CC(C)C)NC(=O)CNC(=O)[C@H](Cc1ccccc1)NC(=O)[C@H](Cc1ccccc1)NC(=O)CCCN)C(N)=O. The van der Waals surface area contributed by atoms with E-state index in [2.05, 4.69) is 26.6 Å². The first-order valence-corrected chi connectivity index (χ1v) is 17.9. The van der Waals surface area contributed by atoms with Crippen molar-refractivity contribution in [2.24, 2.45) is 17.4 Å². The van der Waals surface area contributed by atoms with Gasteiger partial charge in [-0.3, -0.25) is 28.8 Å². The van der Waals surface area contributed by atoms with E-state index in [1.54, 1.807) is 12.1 Å². The first-order chi connectivity index (χ1) is 23.4. The summed E-state index contributed by atoms with van der Waals surface area (Å²) in [5.41, 5.74) is 12.6. The highest BCUT2D eigenvalue weighted by Crippen LogP contribution is 2.09. The molecule has 0 radical (unpaired) electrons. The molecule has 6 amide bonds. The number of carbonyl (C=O) groups is 6. The number of thioether (sulfide) groups is 1. The second-order valence-electron chi connectivity index (χ2n) is 12.2. The Balaban J connectivity index is 2.17. The largest absolute Gasteiger partial charge is 0.368 e. The van der Waals surface area contributed by atoms with Gasteiger partial charge in [0, 0.05) is 19.3 Å². The molecule has 9 N–H and O–H groups in total. The van der Waals surface area contributed by atoms with Gasteiger partial charge in [0.15, 0.2) is 0 Å². The second-order valence-corrected chi connectivity index (χ2v) is 13.2. The molecule has 14 heteroatoms. The first kappa shape index (κ1) is 40.7. The van der Waals surface area contributed by atoms with E-state index in [0.29, 0.717) is 25.1 Å². The first-order valence-electron chi connectivity index (χ1n) is 16.5. The summed E-state index contributed by atoms with van der Waals surface area (Å²) in [6.07, 6.45) is 3.41. The molecule has 4 atom stereocenters. The predicted molar refractivity (Wildman–Crippen MR) is 191 cm³/mol. The van der Waals surface area contributed by atoms with E-state index >= 15 is 0 Å². The van der Waals surface area contributed by atoms with Gasteiger partial charge in [-0.25, -0.2) is 0 Å². The van der Waals surface area contributed by atoms with Crippen molar-refractivity contribution in [3.8, 4) is 0 Å². The molecule has 0 fully saturated rings. The molecule has 0 bridgehead atoms. The maximum atomic E-state index is 13.6. The highest BCUT2D eigenvalue weighted by molar-refractivity contribution is 7.98. The van der Waals surface area contributed by atoms with Crippen LogP contribution in [0.15, 0.2) is 60.7 Å². The number of hydrogen-bond donors (Lipinski definition) is 7. The minimum absolute atomic E-state index is 0.0222. The number of carbonyl (C=O) groups excluding carboxylic acids is 6. The molecule has 49 heavy (non-hydrogen) atoms. The number of rotatable bonds is 22. The van der Waals surface area contributed by atoms with Crippen molar-refractivity contribution in [1.82, 2.24) is 26.6 Å². The van der Waals surface area contributed by atoms with Gasteiger partial charge in [-0.05, 0) is 54.9 Å². The van der Waals surface area contributed by atoms with Gasteiger partial charge in [0.05, 0.1) is 6.54 Å². The van der Waals surface area contributed by atoms with E-state index in [0.717, 1.165) is 11.1 Å². The molecule has 0 unspecified atom stereocenters. The van der Waals surface area contributed by atoms with E-state index in [1.165, 1.54) is 11.8 Å². The van der Waals surface area contributed by atoms with Crippen molar-refractivity contribution in [2.75, 3.05) is 25.1 Å². The van der Waals surface area contributed by atoms with Gasteiger partial charge in [-0.15, -0.1) is 0 Å². The molecule has 2 aromatic rings. The molecular formula is C35H51N7O6S. The third-order valence-electron chi connectivity index (χ3n) is 7.51. The quantitative estimate of drug-likeness (QED) is 0.0921. The fraction of sp³-hybridized carbons (Fsp3) is 0.486. The molecule has 0 spiro atoms. The Labute approximate surface area is 292 Å². The molecule has 0 aliphatic rings. The number of amides is 6. The van der Waals surface area contributed by atoms with Crippen LogP contribution in [0.2, 0.25) is 0 Å². The Bertz CT molecular complexity index is 1360. The Kier molecular flexibility index (Phi) is 18.5. The van der Waals surface area contributed by atoms with Crippen LogP contribution in [-0.4, -0.2) is 84.7 Å². The molecule has 2 rings (SSSR count). The van der Waals surface area contributed by atoms with E-state index in [-0.39, 0.29) is 37.5 Å². The summed E-state index contributed by atoms with van der Waals surface area (Å²) in [5.74, 6) is -2.76. The van der Waals surface area contributed by atoms with Gasteiger partial charge in [0.25, 0.3) is 0 Å². The zero-order chi connectivity index (χ0) is 36.2. The van der Waals surface area contributed by atoms with Crippen LogP contribution in [0.4, 0.5) is 0 Å². The predicted octanol–water partition coefficient (Wildman–Crippen LogP) is 0.551. The van der Waals surface area contributed by atoms with E-state index in [4.69, 9.17) is 11.5 Å². The maximum Gasteiger partial charge on any atom is 0.243 e. The average Bonchev–Trinajstić information content (AvgIpc) is 3.07. The smallest absolute Gasteiger partial charge is 0.243 e. The monoisotopic (exact) mass is 697 g/mol. The van der Waals surface area contributed by atoms with Crippen molar-refractivity contribution < 1.29 is 28.8 Å². The summed E-state index contributed by atoms with van der Waals surface area (Å²) in [7, 11) is 0. The molecule has 0 saturated heterocycles. The van der Waals surface area contributed by atoms with Gasteiger partial charge in [0.1, 0.15) is 24.2 Å². The fourth-order valence-corrected chi connectivity index (χ4v) is 5.42. The van der Waals surface area contributed by atoms with Crippen molar-refractivity contribution in [2.45, 2.75) is 76.5 Å². The van der Waals surface area contributed by atoms with Crippen molar-refractivity contribution in [3.05, 3.63) is 71.8 Å². The lowest BCUT2D eigenvalue weighted by Gasteiger charge is -2.24. The summed E-state index contributed by atoms with van der Waals surface area (Å²) < 4.78 is 0. The van der Waals surface area contributed by atoms with Crippen LogP contribution >= 0.6 is 11.8 Å². The Morgan fingerprint density at radius 1 is 0.694 bits per heavy atom. The van der Waals surface area contributed by atoms with Crippen LogP contribution in [0.5, 0.6) is 0 Å². The summed E-state index contributed by atoms with van der Waals surface area (Å²) in [5, 5.41) is 13.4. The third kappa shape index (κ3) is 16.0. The van der Waals surface area contributed by atoms with Gasteiger partial charge >= 0.3 is 0 Å². The fourth-order valence-electron chi connectivity index (χ4n) is 4.95. The average molecular weight is 698 g/mol. The maximum absolute atomic E-state index is 13.6. The molecule has 0 aromatic heterocycles.